The third-order valence-corrected chi connectivity index (χ3v) is 3.28. The van der Waals surface area contributed by atoms with Gasteiger partial charge in [-0.25, -0.2) is 4.79 Å². The molecule has 0 bridgehead atoms. The van der Waals surface area contributed by atoms with Gasteiger partial charge in [-0.3, -0.25) is 0 Å². The van der Waals surface area contributed by atoms with Gasteiger partial charge in [-0.2, -0.15) is 0 Å². The van der Waals surface area contributed by atoms with Crippen molar-refractivity contribution >= 4 is 23.3 Å². The van der Waals surface area contributed by atoms with Crippen LogP contribution in [0.2, 0.25) is 5.02 Å². The van der Waals surface area contributed by atoms with Gasteiger partial charge in [-0.1, -0.05) is 17.7 Å². The van der Waals surface area contributed by atoms with Crippen LogP contribution in [0.1, 0.15) is 27.2 Å². The fourth-order valence-corrected chi connectivity index (χ4v) is 2.17. The van der Waals surface area contributed by atoms with Crippen LogP contribution in [-0.4, -0.2) is 29.3 Å². The molecule has 1 aromatic carbocycles. The highest BCUT2D eigenvalue weighted by Gasteiger charge is 2.39. The molecule has 0 saturated carbocycles. The number of rotatable bonds is 6. The van der Waals surface area contributed by atoms with Crippen LogP contribution in [0, 0.1) is 0 Å². The van der Waals surface area contributed by atoms with Crippen molar-refractivity contribution < 1.29 is 14.6 Å². The molecule has 2 N–H and O–H groups in total. The Hall–Kier alpha value is -1.26. The number of halogens is 1. The molecule has 0 spiro atoms. The van der Waals surface area contributed by atoms with Gasteiger partial charge >= 0.3 is 5.97 Å². The summed E-state index contributed by atoms with van der Waals surface area (Å²) in [6.07, 6.45) is 0.318. The Morgan fingerprint density at radius 3 is 2.53 bits per heavy atom. The summed E-state index contributed by atoms with van der Waals surface area (Å²) in [7, 11) is 1.57. The number of ether oxygens (including phenoxy) is 1. The van der Waals surface area contributed by atoms with Gasteiger partial charge in [-0.05, 0) is 39.0 Å². The minimum absolute atomic E-state index is 0.318. The maximum atomic E-state index is 11.6. The second-order valence-corrected chi connectivity index (χ2v) is 5.85. The molecule has 19 heavy (non-hydrogen) atoms. The van der Waals surface area contributed by atoms with Crippen molar-refractivity contribution in [2.24, 2.45) is 0 Å². The topological polar surface area (TPSA) is 58.6 Å². The van der Waals surface area contributed by atoms with E-state index in [1.807, 2.05) is 13.8 Å². The first-order valence-corrected chi connectivity index (χ1v) is 6.39. The predicted molar refractivity (Wildman–Crippen MR) is 76.8 cm³/mol. The highest BCUT2D eigenvalue weighted by Crippen LogP contribution is 2.28. The molecule has 0 aliphatic carbocycles. The van der Waals surface area contributed by atoms with Crippen LogP contribution in [0.4, 0.5) is 5.69 Å². The summed E-state index contributed by atoms with van der Waals surface area (Å²) in [4.78, 5) is 11.6. The lowest BCUT2D eigenvalue weighted by atomic mass is 9.87. The summed E-state index contributed by atoms with van der Waals surface area (Å²) in [5.74, 6) is -0.933. The molecule has 1 rings (SSSR count). The summed E-state index contributed by atoms with van der Waals surface area (Å²) in [5.41, 5.74) is -1.01. The normalized spacial score (nSPS) is 14.8. The molecule has 4 nitrogen and oxygen atoms in total. The Labute approximate surface area is 118 Å². The van der Waals surface area contributed by atoms with E-state index in [2.05, 4.69) is 5.32 Å². The van der Waals surface area contributed by atoms with E-state index >= 15 is 0 Å². The average Bonchev–Trinajstić information content (AvgIpc) is 2.28. The largest absolute Gasteiger partial charge is 0.480 e. The van der Waals surface area contributed by atoms with E-state index in [9.17, 15) is 9.90 Å². The SMILES string of the molecule is COC(C)(C)CC(C)(Nc1cccc(Cl)c1)C(=O)O. The molecule has 0 amide bonds. The van der Waals surface area contributed by atoms with Crippen molar-refractivity contribution in [2.45, 2.75) is 38.3 Å². The fraction of sp³-hybridized carbons (Fsp3) is 0.500. The van der Waals surface area contributed by atoms with Crippen LogP contribution >= 0.6 is 11.6 Å². The van der Waals surface area contributed by atoms with Crippen molar-refractivity contribution in [3.8, 4) is 0 Å². The predicted octanol–water partition coefficient (Wildman–Crippen LogP) is 3.41. The molecule has 0 heterocycles. The number of carbonyl (C=O) groups is 1. The molecule has 1 unspecified atom stereocenters. The van der Waals surface area contributed by atoms with Crippen LogP contribution < -0.4 is 5.32 Å². The quantitative estimate of drug-likeness (QED) is 0.841. The number of carboxylic acid groups (broad SMARTS) is 1. The van der Waals surface area contributed by atoms with Gasteiger partial charge in [0.25, 0.3) is 0 Å². The Morgan fingerprint density at radius 1 is 1.42 bits per heavy atom. The minimum Gasteiger partial charge on any atom is -0.480 e. The number of benzene rings is 1. The molecule has 1 atom stereocenters. The third kappa shape index (κ3) is 4.40. The van der Waals surface area contributed by atoms with Crippen molar-refractivity contribution in [1.29, 1.82) is 0 Å². The lowest BCUT2D eigenvalue weighted by Crippen LogP contribution is -2.49. The summed E-state index contributed by atoms with van der Waals surface area (Å²) < 4.78 is 5.32. The standard InChI is InChI=1S/C14H20ClNO3/c1-13(2,19-4)9-14(3,12(17)18)16-11-7-5-6-10(15)8-11/h5-8,16H,9H2,1-4H3,(H,17,18). The molecule has 106 valence electrons. The van der Waals surface area contributed by atoms with Crippen molar-refractivity contribution in [3.05, 3.63) is 29.3 Å². The van der Waals surface area contributed by atoms with E-state index in [-0.39, 0.29) is 0 Å². The number of methoxy groups -OCH3 is 1. The Morgan fingerprint density at radius 2 is 2.05 bits per heavy atom. The molecule has 0 aliphatic rings. The molecule has 0 fully saturated rings. The maximum Gasteiger partial charge on any atom is 0.329 e. The number of nitrogens with one attached hydrogen (secondary N) is 1. The number of anilines is 1. The first-order valence-electron chi connectivity index (χ1n) is 6.01. The molecule has 1 aromatic rings. The highest BCUT2D eigenvalue weighted by atomic mass is 35.5. The number of aliphatic carboxylic acids is 1. The zero-order valence-electron chi connectivity index (χ0n) is 11.7. The zero-order chi connectivity index (χ0) is 14.7. The van der Waals surface area contributed by atoms with Gasteiger partial charge in [-0.15, -0.1) is 0 Å². The van der Waals surface area contributed by atoms with Crippen molar-refractivity contribution in [2.75, 3.05) is 12.4 Å². The minimum atomic E-state index is -1.13. The van der Waals surface area contributed by atoms with E-state index in [4.69, 9.17) is 16.3 Å². The monoisotopic (exact) mass is 285 g/mol. The summed E-state index contributed by atoms with van der Waals surface area (Å²) in [5, 5.41) is 13.1. The first-order chi connectivity index (χ1) is 8.68. The highest BCUT2D eigenvalue weighted by molar-refractivity contribution is 6.30. The zero-order valence-corrected chi connectivity index (χ0v) is 12.4. The van der Waals surface area contributed by atoms with E-state index in [1.165, 1.54) is 0 Å². The second kappa shape index (κ2) is 5.80. The number of carboxylic acids is 1. The van der Waals surface area contributed by atoms with Crippen molar-refractivity contribution in [3.63, 3.8) is 0 Å². The molecule has 5 heteroatoms. The molecule has 0 aliphatic heterocycles. The molecule has 0 aromatic heterocycles. The van der Waals surface area contributed by atoms with E-state index in [1.54, 1.807) is 38.3 Å². The summed E-state index contributed by atoms with van der Waals surface area (Å²) >= 11 is 5.90. The van der Waals surface area contributed by atoms with E-state index in [0.717, 1.165) is 0 Å². The lowest BCUT2D eigenvalue weighted by Gasteiger charge is -2.35. The smallest absolute Gasteiger partial charge is 0.329 e. The number of hydrogen-bond acceptors (Lipinski definition) is 3. The van der Waals surface area contributed by atoms with Crippen molar-refractivity contribution in [1.82, 2.24) is 0 Å². The fourth-order valence-electron chi connectivity index (χ4n) is 1.98. The maximum absolute atomic E-state index is 11.6. The first kappa shape index (κ1) is 15.8. The van der Waals surface area contributed by atoms with Crippen LogP contribution in [-0.2, 0) is 9.53 Å². The van der Waals surface area contributed by atoms with Gasteiger partial charge in [0.15, 0.2) is 0 Å². The summed E-state index contributed by atoms with van der Waals surface area (Å²) in [6, 6.07) is 6.99. The molecular formula is C14H20ClNO3. The Bertz CT molecular complexity index is 462. The summed E-state index contributed by atoms with van der Waals surface area (Å²) in [6.45, 7) is 5.35. The molecule has 0 saturated heterocycles. The Kier molecular flexibility index (Phi) is 4.82. The Balaban J connectivity index is 2.97. The molecule has 0 radical (unpaired) electrons. The van der Waals surface area contributed by atoms with Gasteiger partial charge in [0.1, 0.15) is 5.54 Å². The third-order valence-electron chi connectivity index (χ3n) is 3.05. The lowest BCUT2D eigenvalue weighted by molar-refractivity contribution is -0.144. The van der Waals surface area contributed by atoms with Crippen LogP contribution in [0.3, 0.4) is 0 Å². The van der Waals surface area contributed by atoms with Gasteiger partial charge in [0.2, 0.25) is 0 Å². The van der Waals surface area contributed by atoms with Gasteiger partial charge < -0.3 is 15.2 Å². The van der Waals surface area contributed by atoms with Crippen LogP contribution in [0.25, 0.3) is 0 Å². The second-order valence-electron chi connectivity index (χ2n) is 5.41. The van der Waals surface area contributed by atoms with Crippen LogP contribution in [0.5, 0.6) is 0 Å². The van der Waals surface area contributed by atoms with Crippen LogP contribution in [0.15, 0.2) is 24.3 Å². The number of hydrogen-bond donors (Lipinski definition) is 2. The van der Waals surface area contributed by atoms with Gasteiger partial charge in [0.05, 0.1) is 5.60 Å². The van der Waals surface area contributed by atoms with Gasteiger partial charge in [0, 0.05) is 24.2 Å². The van der Waals surface area contributed by atoms with E-state index in [0.29, 0.717) is 17.1 Å². The average molecular weight is 286 g/mol. The molecular weight excluding hydrogens is 266 g/mol. The van der Waals surface area contributed by atoms with E-state index < -0.39 is 17.1 Å².